The van der Waals surface area contributed by atoms with Crippen molar-refractivity contribution in [3.8, 4) is 0 Å². The Labute approximate surface area is 86.0 Å². The summed E-state index contributed by atoms with van der Waals surface area (Å²) in [5, 5.41) is 1.90. The summed E-state index contributed by atoms with van der Waals surface area (Å²) in [5.41, 5.74) is 0. The average Bonchev–Trinajstić information content (AvgIpc) is 2.87. The molecule has 3 nitrogen and oxygen atoms in total. The fourth-order valence-corrected chi connectivity index (χ4v) is 1.95. The van der Waals surface area contributed by atoms with E-state index in [1.807, 2.05) is 35.2 Å². The molecule has 0 saturated heterocycles. The number of nitrogens with zero attached hydrogens (tertiary/aromatic N) is 2. The maximum Gasteiger partial charge on any atom is 0.238 e. The van der Waals surface area contributed by atoms with Crippen molar-refractivity contribution < 1.29 is 4.79 Å². The molecule has 0 atom stereocenters. The summed E-state index contributed by atoms with van der Waals surface area (Å²) in [7, 11) is 0. The van der Waals surface area contributed by atoms with Gasteiger partial charge in [-0.1, -0.05) is 6.07 Å². The fraction of sp³-hybridized carbons (Fsp3) is 0.200. The normalized spacial score (nSPS) is 10.4. The Morgan fingerprint density at radius 1 is 1.64 bits per heavy atom. The third-order valence-corrected chi connectivity index (χ3v) is 2.87. The lowest BCUT2D eigenvalue weighted by Gasteiger charge is -2.01. The Balaban J connectivity index is 2.36. The van der Waals surface area contributed by atoms with Gasteiger partial charge in [-0.15, -0.1) is 11.3 Å². The summed E-state index contributed by atoms with van der Waals surface area (Å²) in [4.78, 5) is 16.7. The molecule has 2 rings (SSSR count). The number of imidazole rings is 1. The molecule has 72 valence electrons. The van der Waals surface area contributed by atoms with E-state index in [4.69, 9.17) is 0 Å². The molecule has 0 radical (unpaired) electrons. The average molecular weight is 206 g/mol. The van der Waals surface area contributed by atoms with Gasteiger partial charge in [0, 0.05) is 18.9 Å². The van der Waals surface area contributed by atoms with Crippen molar-refractivity contribution in [2.75, 3.05) is 0 Å². The number of thiophene rings is 1. The molecule has 0 aliphatic rings. The molecule has 0 fully saturated rings. The topological polar surface area (TPSA) is 34.9 Å². The van der Waals surface area contributed by atoms with Crippen molar-refractivity contribution in [2.24, 2.45) is 0 Å². The first kappa shape index (κ1) is 9.15. The predicted molar refractivity (Wildman–Crippen MR) is 55.7 cm³/mol. The van der Waals surface area contributed by atoms with E-state index in [0.29, 0.717) is 5.82 Å². The molecule has 4 heteroatoms. The van der Waals surface area contributed by atoms with E-state index in [0.717, 1.165) is 11.4 Å². The van der Waals surface area contributed by atoms with Crippen molar-refractivity contribution >= 4 is 17.1 Å². The molecule has 2 heterocycles. The van der Waals surface area contributed by atoms with Crippen LogP contribution in [0.5, 0.6) is 0 Å². The van der Waals surface area contributed by atoms with Crippen LogP contribution < -0.4 is 0 Å². The highest BCUT2D eigenvalue weighted by atomic mass is 32.1. The molecule has 0 bridgehead atoms. The first-order valence-electron chi connectivity index (χ1n) is 4.42. The van der Waals surface area contributed by atoms with E-state index in [2.05, 4.69) is 4.98 Å². The highest BCUT2D eigenvalue weighted by Crippen LogP contribution is 2.13. The number of carbonyl (C=O) groups is 1. The van der Waals surface area contributed by atoms with Gasteiger partial charge in [0.1, 0.15) is 0 Å². The van der Waals surface area contributed by atoms with Crippen LogP contribution in [0.15, 0.2) is 29.9 Å². The summed E-state index contributed by atoms with van der Waals surface area (Å²) < 4.78 is 1.85. The van der Waals surface area contributed by atoms with E-state index in [-0.39, 0.29) is 5.78 Å². The lowest BCUT2D eigenvalue weighted by atomic mass is 10.3. The summed E-state index contributed by atoms with van der Waals surface area (Å²) in [6.45, 7) is 2.76. The van der Waals surface area contributed by atoms with Gasteiger partial charge in [-0.3, -0.25) is 4.79 Å². The van der Waals surface area contributed by atoms with Crippen LogP contribution in [0.2, 0.25) is 0 Å². The zero-order valence-corrected chi connectivity index (χ0v) is 8.62. The molecule has 0 saturated carbocycles. The monoisotopic (exact) mass is 206 g/mol. The van der Waals surface area contributed by atoms with Gasteiger partial charge in [-0.05, 0) is 18.4 Å². The summed E-state index contributed by atoms with van der Waals surface area (Å²) in [6.07, 6.45) is 3.48. The van der Waals surface area contributed by atoms with Gasteiger partial charge in [-0.25, -0.2) is 4.98 Å². The van der Waals surface area contributed by atoms with Crippen LogP contribution in [0.4, 0.5) is 0 Å². The van der Waals surface area contributed by atoms with E-state index < -0.39 is 0 Å². The number of hydrogen-bond acceptors (Lipinski definition) is 3. The summed E-state index contributed by atoms with van der Waals surface area (Å²) in [6, 6.07) is 3.69. The minimum absolute atomic E-state index is 0.00634. The van der Waals surface area contributed by atoms with Crippen molar-refractivity contribution in [2.45, 2.75) is 13.5 Å². The van der Waals surface area contributed by atoms with E-state index in [1.165, 1.54) is 11.3 Å². The SMILES string of the molecule is CCn1ccnc1C(=O)c1cccs1. The third kappa shape index (κ3) is 1.48. The van der Waals surface area contributed by atoms with Gasteiger partial charge in [-0.2, -0.15) is 0 Å². The molecule has 0 aromatic carbocycles. The first-order valence-corrected chi connectivity index (χ1v) is 5.30. The van der Waals surface area contributed by atoms with Gasteiger partial charge >= 0.3 is 0 Å². The molecule has 0 aliphatic carbocycles. The summed E-state index contributed by atoms with van der Waals surface area (Å²) >= 11 is 1.45. The Kier molecular flexibility index (Phi) is 2.45. The molecular formula is C10H10N2OS. The maximum atomic E-state index is 11.9. The first-order chi connectivity index (χ1) is 6.83. The molecule has 0 amide bonds. The number of aryl methyl sites for hydroxylation is 1. The van der Waals surface area contributed by atoms with Gasteiger partial charge in [0.25, 0.3) is 0 Å². The quantitative estimate of drug-likeness (QED) is 0.721. The second-order valence-corrected chi connectivity index (χ2v) is 3.79. The smallest absolute Gasteiger partial charge is 0.238 e. The van der Waals surface area contributed by atoms with Crippen LogP contribution in [-0.2, 0) is 6.54 Å². The second kappa shape index (κ2) is 3.75. The van der Waals surface area contributed by atoms with Gasteiger partial charge in [0.2, 0.25) is 5.78 Å². The Morgan fingerprint density at radius 3 is 3.14 bits per heavy atom. The number of carbonyl (C=O) groups excluding carboxylic acids is 1. The van der Waals surface area contributed by atoms with Crippen molar-refractivity contribution in [3.05, 3.63) is 40.6 Å². The van der Waals surface area contributed by atoms with Gasteiger partial charge in [0.15, 0.2) is 5.82 Å². The van der Waals surface area contributed by atoms with Crippen LogP contribution in [0.1, 0.15) is 22.4 Å². The fourth-order valence-electron chi connectivity index (χ4n) is 1.29. The van der Waals surface area contributed by atoms with Crippen LogP contribution in [0, 0.1) is 0 Å². The number of hydrogen-bond donors (Lipinski definition) is 0. The maximum absolute atomic E-state index is 11.9. The number of ketones is 1. The lowest BCUT2D eigenvalue weighted by Crippen LogP contribution is -2.08. The lowest BCUT2D eigenvalue weighted by molar-refractivity contribution is 0.102. The Morgan fingerprint density at radius 2 is 2.50 bits per heavy atom. The highest BCUT2D eigenvalue weighted by Gasteiger charge is 2.14. The van der Waals surface area contributed by atoms with Crippen LogP contribution in [0.3, 0.4) is 0 Å². The molecule has 2 aromatic heterocycles. The van der Waals surface area contributed by atoms with Crippen LogP contribution in [-0.4, -0.2) is 15.3 Å². The van der Waals surface area contributed by atoms with Crippen LogP contribution in [0.25, 0.3) is 0 Å². The highest BCUT2D eigenvalue weighted by molar-refractivity contribution is 7.12. The predicted octanol–water partition coefficient (Wildman–Crippen LogP) is 2.20. The second-order valence-electron chi connectivity index (χ2n) is 2.84. The Hall–Kier alpha value is -1.42. The van der Waals surface area contributed by atoms with Crippen molar-refractivity contribution in [1.29, 1.82) is 0 Å². The Bertz CT molecular complexity index is 431. The molecule has 2 aromatic rings. The minimum Gasteiger partial charge on any atom is -0.328 e. The third-order valence-electron chi connectivity index (χ3n) is 2.00. The van der Waals surface area contributed by atoms with Crippen molar-refractivity contribution in [3.63, 3.8) is 0 Å². The molecule has 0 unspecified atom stereocenters. The zero-order valence-electron chi connectivity index (χ0n) is 7.80. The molecule has 14 heavy (non-hydrogen) atoms. The van der Waals surface area contributed by atoms with E-state index in [1.54, 1.807) is 6.20 Å². The largest absolute Gasteiger partial charge is 0.328 e. The molecule has 0 aliphatic heterocycles. The molecular weight excluding hydrogens is 196 g/mol. The minimum atomic E-state index is 0.00634. The zero-order chi connectivity index (χ0) is 9.97. The summed E-state index contributed by atoms with van der Waals surface area (Å²) in [5.74, 6) is 0.529. The number of aromatic nitrogens is 2. The van der Waals surface area contributed by atoms with Crippen molar-refractivity contribution in [1.82, 2.24) is 9.55 Å². The van der Waals surface area contributed by atoms with Gasteiger partial charge < -0.3 is 4.57 Å². The number of rotatable bonds is 3. The molecule has 0 N–H and O–H groups in total. The standard InChI is InChI=1S/C10H10N2OS/c1-2-12-6-5-11-10(12)9(13)8-4-3-7-14-8/h3-7H,2H2,1H3. The van der Waals surface area contributed by atoms with Gasteiger partial charge in [0.05, 0.1) is 4.88 Å². The molecule has 0 spiro atoms. The van der Waals surface area contributed by atoms with E-state index in [9.17, 15) is 4.79 Å². The van der Waals surface area contributed by atoms with Crippen LogP contribution >= 0.6 is 11.3 Å². The van der Waals surface area contributed by atoms with E-state index >= 15 is 0 Å².